The van der Waals surface area contributed by atoms with Crippen LogP contribution < -0.4 is 4.90 Å². The summed E-state index contributed by atoms with van der Waals surface area (Å²) in [6.45, 7) is 7.05. The molecule has 0 radical (unpaired) electrons. The zero-order chi connectivity index (χ0) is 13.2. The van der Waals surface area contributed by atoms with Crippen LogP contribution in [0.25, 0.3) is 0 Å². The Morgan fingerprint density at radius 1 is 1.44 bits per heavy atom. The van der Waals surface area contributed by atoms with E-state index in [9.17, 15) is 4.79 Å². The third-order valence-corrected chi connectivity index (χ3v) is 4.58. The van der Waals surface area contributed by atoms with Crippen molar-refractivity contribution in [3.05, 3.63) is 10.6 Å². The Labute approximate surface area is 112 Å². The Morgan fingerprint density at radius 3 is 2.67 bits per heavy atom. The molecule has 2 rings (SSSR count). The third kappa shape index (κ3) is 2.90. The standard InChI is InChI=1S/C13H20N2O2S/c1-13(2)4-6-15(7-5-13)12-14-10(9-17-3)11(8-16)18-12/h8H,4-7,9H2,1-3H3. The lowest BCUT2D eigenvalue weighted by molar-refractivity contribution is 0.112. The van der Waals surface area contributed by atoms with Crippen molar-refractivity contribution in [1.82, 2.24) is 4.98 Å². The van der Waals surface area contributed by atoms with E-state index < -0.39 is 0 Å². The van der Waals surface area contributed by atoms with Crippen molar-refractivity contribution < 1.29 is 9.53 Å². The maximum Gasteiger partial charge on any atom is 0.186 e. The van der Waals surface area contributed by atoms with Gasteiger partial charge in [0, 0.05) is 20.2 Å². The van der Waals surface area contributed by atoms with Crippen LogP contribution in [0.5, 0.6) is 0 Å². The van der Waals surface area contributed by atoms with E-state index in [4.69, 9.17) is 4.74 Å². The van der Waals surface area contributed by atoms with Crippen LogP contribution in [-0.4, -0.2) is 31.5 Å². The summed E-state index contributed by atoms with van der Waals surface area (Å²) in [5.74, 6) is 0. The van der Waals surface area contributed by atoms with Gasteiger partial charge in [-0.05, 0) is 18.3 Å². The lowest BCUT2D eigenvalue weighted by Gasteiger charge is -2.36. The molecule has 0 amide bonds. The summed E-state index contributed by atoms with van der Waals surface area (Å²) >= 11 is 1.47. The summed E-state index contributed by atoms with van der Waals surface area (Å²) in [5, 5.41) is 0.958. The number of piperidine rings is 1. The van der Waals surface area contributed by atoms with Crippen LogP contribution in [-0.2, 0) is 11.3 Å². The minimum Gasteiger partial charge on any atom is -0.378 e. The molecule has 1 aromatic rings. The van der Waals surface area contributed by atoms with Crippen molar-refractivity contribution in [3.8, 4) is 0 Å². The van der Waals surface area contributed by atoms with E-state index in [1.54, 1.807) is 7.11 Å². The first-order valence-electron chi connectivity index (χ1n) is 6.24. The highest BCUT2D eigenvalue weighted by molar-refractivity contribution is 7.17. The SMILES string of the molecule is COCc1nc(N2CCC(C)(C)CC2)sc1C=O. The van der Waals surface area contributed by atoms with Crippen LogP contribution in [0.4, 0.5) is 5.13 Å². The Kier molecular flexibility index (Phi) is 4.02. The second-order valence-electron chi connectivity index (χ2n) is 5.51. The molecule has 0 aliphatic carbocycles. The fraction of sp³-hybridized carbons (Fsp3) is 0.692. The monoisotopic (exact) mass is 268 g/mol. The summed E-state index contributed by atoms with van der Waals surface area (Å²) in [6, 6.07) is 0. The average molecular weight is 268 g/mol. The molecule has 1 aromatic heterocycles. The van der Waals surface area contributed by atoms with E-state index in [1.165, 1.54) is 24.2 Å². The molecule has 18 heavy (non-hydrogen) atoms. The van der Waals surface area contributed by atoms with E-state index in [0.29, 0.717) is 16.9 Å². The predicted octanol–water partition coefficient (Wildman–Crippen LogP) is 2.73. The molecule has 1 aliphatic heterocycles. The number of anilines is 1. The number of aldehydes is 1. The second-order valence-corrected chi connectivity index (χ2v) is 6.52. The number of carbonyl (C=O) groups is 1. The van der Waals surface area contributed by atoms with Gasteiger partial charge in [-0.3, -0.25) is 4.79 Å². The molecule has 2 heterocycles. The van der Waals surface area contributed by atoms with Crippen LogP contribution in [0.2, 0.25) is 0 Å². The lowest BCUT2D eigenvalue weighted by atomic mass is 9.83. The first-order chi connectivity index (χ1) is 8.55. The molecule has 1 aliphatic rings. The number of nitrogens with zero attached hydrogens (tertiary/aromatic N) is 2. The van der Waals surface area contributed by atoms with E-state index in [0.717, 1.165) is 30.2 Å². The number of rotatable bonds is 4. The average Bonchev–Trinajstić information content (AvgIpc) is 2.73. The van der Waals surface area contributed by atoms with E-state index in [1.807, 2.05) is 0 Å². The van der Waals surface area contributed by atoms with Gasteiger partial charge in [-0.2, -0.15) is 0 Å². The number of hydrogen-bond acceptors (Lipinski definition) is 5. The largest absolute Gasteiger partial charge is 0.378 e. The van der Waals surface area contributed by atoms with Gasteiger partial charge in [-0.1, -0.05) is 25.2 Å². The molecule has 0 atom stereocenters. The minimum atomic E-state index is 0.407. The van der Waals surface area contributed by atoms with Crippen LogP contribution in [0.3, 0.4) is 0 Å². The van der Waals surface area contributed by atoms with Crippen molar-refractivity contribution in [2.45, 2.75) is 33.3 Å². The molecule has 0 saturated carbocycles. The summed E-state index contributed by atoms with van der Waals surface area (Å²) < 4.78 is 5.07. The number of aromatic nitrogens is 1. The number of hydrogen-bond donors (Lipinski definition) is 0. The summed E-state index contributed by atoms with van der Waals surface area (Å²) in [4.78, 5) is 18.5. The number of ether oxygens (including phenoxy) is 1. The van der Waals surface area contributed by atoms with Gasteiger partial charge in [-0.15, -0.1) is 0 Å². The Bertz CT molecular complexity index is 419. The topological polar surface area (TPSA) is 42.4 Å². The van der Waals surface area contributed by atoms with Gasteiger partial charge in [0.15, 0.2) is 11.4 Å². The summed E-state index contributed by atoms with van der Waals surface area (Å²) in [5.41, 5.74) is 1.19. The first kappa shape index (κ1) is 13.5. The van der Waals surface area contributed by atoms with Gasteiger partial charge in [0.2, 0.25) is 0 Å². The van der Waals surface area contributed by atoms with Crippen LogP contribution in [0.15, 0.2) is 0 Å². The normalized spacial score (nSPS) is 18.9. The number of thiazole rings is 1. The minimum absolute atomic E-state index is 0.407. The van der Waals surface area contributed by atoms with Crippen molar-refractivity contribution in [3.63, 3.8) is 0 Å². The van der Waals surface area contributed by atoms with E-state index in [2.05, 4.69) is 23.7 Å². The highest BCUT2D eigenvalue weighted by atomic mass is 32.1. The van der Waals surface area contributed by atoms with Gasteiger partial charge < -0.3 is 9.64 Å². The quantitative estimate of drug-likeness (QED) is 0.787. The molecule has 100 valence electrons. The molecule has 1 saturated heterocycles. The molecule has 0 spiro atoms. The van der Waals surface area contributed by atoms with E-state index >= 15 is 0 Å². The number of methoxy groups -OCH3 is 1. The second kappa shape index (κ2) is 5.36. The Morgan fingerprint density at radius 2 is 2.11 bits per heavy atom. The molecule has 0 unspecified atom stereocenters. The van der Waals surface area contributed by atoms with Gasteiger partial charge in [0.05, 0.1) is 17.2 Å². The first-order valence-corrected chi connectivity index (χ1v) is 7.06. The van der Waals surface area contributed by atoms with Crippen LogP contribution >= 0.6 is 11.3 Å². The van der Waals surface area contributed by atoms with Crippen molar-refractivity contribution in [1.29, 1.82) is 0 Å². The predicted molar refractivity (Wildman–Crippen MR) is 73.4 cm³/mol. The molecular weight excluding hydrogens is 248 g/mol. The third-order valence-electron chi connectivity index (χ3n) is 3.49. The van der Waals surface area contributed by atoms with Crippen molar-refractivity contribution >= 4 is 22.8 Å². The lowest BCUT2D eigenvalue weighted by Crippen LogP contribution is -2.37. The zero-order valence-corrected chi connectivity index (χ0v) is 12.0. The smallest absolute Gasteiger partial charge is 0.186 e. The Balaban J connectivity index is 2.12. The highest BCUT2D eigenvalue weighted by Crippen LogP contribution is 2.34. The summed E-state index contributed by atoms with van der Waals surface area (Å²) in [6.07, 6.45) is 3.22. The van der Waals surface area contributed by atoms with Crippen molar-refractivity contribution in [2.75, 3.05) is 25.1 Å². The van der Waals surface area contributed by atoms with Crippen LogP contribution in [0, 0.1) is 5.41 Å². The molecule has 0 aromatic carbocycles. The molecule has 5 heteroatoms. The molecular formula is C13H20N2O2S. The zero-order valence-electron chi connectivity index (χ0n) is 11.2. The molecule has 1 fully saturated rings. The maximum atomic E-state index is 11.0. The van der Waals surface area contributed by atoms with Gasteiger partial charge in [-0.25, -0.2) is 4.98 Å². The molecule has 0 N–H and O–H groups in total. The van der Waals surface area contributed by atoms with Gasteiger partial charge in [0.1, 0.15) is 0 Å². The summed E-state index contributed by atoms with van der Waals surface area (Å²) in [7, 11) is 1.62. The maximum absolute atomic E-state index is 11.0. The van der Waals surface area contributed by atoms with E-state index in [-0.39, 0.29) is 0 Å². The fourth-order valence-corrected chi connectivity index (χ4v) is 3.06. The van der Waals surface area contributed by atoms with Crippen LogP contribution in [0.1, 0.15) is 42.1 Å². The molecule has 4 nitrogen and oxygen atoms in total. The highest BCUT2D eigenvalue weighted by Gasteiger charge is 2.27. The Hall–Kier alpha value is -0.940. The fourth-order valence-electron chi connectivity index (χ4n) is 2.12. The molecule has 0 bridgehead atoms. The van der Waals surface area contributed by atoms with Crippen molar-refractivity contribution in [2.24, 2.45) is 5.41 Å². The van der Waals surface area contributed by atoms with Gasteiger partial charge >= 0.3 is 0 Å². The van der Waals surface area contributed by atoms with Gasteiger partial charge in [0.25, 0.3) is 0 Å². The number of carbonyl (C=O) groups excluding carboxylic acids is 1.